The van der Waals surface area contributed by atoms with Crippen molar-refractivity contribution < 1.29 is 0 Å². The highest BCUT2D eigenvalue weighted by Crippen LogP contribution is 2.06. The molecule has 0 amide bonds. The van der Waals surface area contributed by atoms with Crippen molar-refractivity contribution in [2.75, 3.05) is 27.2 Å². The maximum atomic E-state index is 3.56. The van der Waals surface area contributed by atoms with Crippen LogP contribution in [0.3, 0.4) is 0 Å². The van der Waals surface area contributed by atoms with E-state index in [0.717, 1.165) is 13.1 Å². The number of hydrogen-bond donors (Lipinski definition) is 1. The lowest BCUT2D eigenvalue weighted by molar-refractivity contribution is 0.349. The maximum absolute atomic E-state index is 3.56. The second kappa shape index (κ2) is 7.46. The third-order valence-electron chi connectivity index (χ3n) is 2.86. The van der Waals surface area contributed by atoms with E-state index in [1.165, 1.54) is 24.0 Å². The number of benzene rings is 1. The van der Waals surface area contributed by atoms with Gasteiger partial charge in [-0.25, -0.2) is 0 Å². The van der Waals surface area contributed by atoms with Gasteiger partial charge >= 0.3 is 0 Å². The first-order valence-corrected chi connectivity index (χ1v) is 6.51. The van der Waals surface area contributed by atoms with Gasteiger partial charge in [0.1, 0.15) is 0 Å². The molecule has 1 unspecified atom stereocenters. The molecule has 1 atom stereocenters. The van der Waals surface area contributed by atoms with E-state index < -0.39 is 0 Å². The zero-order valence-corrected chi connectivity index (χ0v) is 11.7. The van der Waals surface area contributed by atoms with Gasteiger partial charge in [0.15, 0.2) is 0 Å². The quantitative estimate of drug-likeness (QED) is 0.729. The number of nitrogens with zero attached hydrogens (tertiary/aromatic N) is 1. The van der Waals surface area contributed by atoms with E-state index in [-0.39, 0.29) is 0 Å². The standard InChI is InChI=1S/C15H26N2/c1-13-7-5-8-15(11-13)9-6-10-16-14(2)12-17(3)4/h5,7-8,11,14,16H,6,9-10,12H2,1-4H3. The second-order valence-corrected chi connectivity index (χ2v) is 5.21. The molecule has 0 heterocycles. The third-order valence-corrected chi connectivity index (χ3v) is 2.86. The Labute approximate surface area is 106 Å². The Morgan fingerprint density at radius 2 is 2.06 bits per heavy atom. The molecular weight excluding hydrogens is 208 g/mol. The Morgan fingerprint density at radius 1 is 1.29 bits per heavy atom. The summed E-state index contributed by atoms with van der Waals surface area (Å²) in [6.45, 7) is 6.60. The fourth-order valence-electron chi connectivity index (χ4n) is 2.12. The van der Waals surface area contributed by atoms with Crippen molar-refractivity contribution in [3.05, 3.63) is 35.4 Å². The van der Waals surface area contributed by atoms with Crippen LogP contribution in [0, 0.1) is 6.92 Å². The van der Waals surface area contributed by atoms with E-state index in [0.29, 0.717) is 6.04 Å². The van der Waals surface area contributed by atoms with E-state index >= 15 is 0 Å². The summed E-state index contributed by atoms with van der Waals surface area (Å²) in [7, 11) is 4.23. The van der Waals surface area contributed by atoms with Crippen molar-refractivity contribution in [2.45, 2.75) is 32.7 Å². The number of aryl methyl sites for hydroxylation is 2. The lowest BCUT2D eigenvalue weighted by atomic mass is 10.1. The van der Waals surface area contributed by atoms with Crippen LogP contribution in [0.5, 0.6) is 0 Å². The summed E-state index contributed by atoms with van der Waals surface area (Å²) in [6.07, 6.45) is 2.38. The van der Waals surface area contributed by atoms with Gasteiger partial charge < -0.3 is 10.2 Å². The minimum Gasteiger partial charge on any atom is -0.313 e. The van der Waals surface area contributed by atoms with Gasteiger partial charge in [0.25, 0.3) is 0 Å². The average molecular weight is 234 g/mol. The van der Waals surface area contributed by atoms with Crippen LogP contribution in [-0.2, 0) is 6.42 Å². The first-order chi connectivity index (χ1) is 8.08. The third kappa shape index (κ3) is 6.44. The summed E-state index contributed by atoms with van der Waals surface area (Å²) in [4.78, 5) is 2.22. The predicted molar refractivity (Wildman–Crippen MR) is 75.5 cm³/mol. The van der Waals surface area contributed by atoms with Crippen molar-refractivity contribution in [2.24, 2.45) is 0 Å². The first kappa shape index (κ1) is 14.2. The van der Waals surface area contributed by atoms with Gasteiger partial charge in [-0.1, -0.05) is 29.8 Å². The van der Waals surface area contributed by atoms with Gasteiger partial charge in [0, 0.05) is 12.6 Å². The lowest BCUT2D eigenvalue weighted by Gasteiger charge is -2.18. The summed E-state index contributed by atoms with van der Waals surface area (Å²) in [6, 6.07) is 9.37. The summed E-state index contributed by atoms with van der Waals surface area (Å²) < 4.78 is 0. The molecule has 0 bridgehead atoms. The summed E-state index contributed by atoms with van der Waals surface area (Å²) in [5.74, 6) is 0. The molecule has 0 aliphatic rings. The average Bonchev–Trinajstić information content (AvgIpc) is 2.23. The van der Waals surface area contributed by atoms with Crippen LogP contribution in [0.15, 0.2) is 24.3 Å². The zero-order chi connectivity index (χ0) is 12.7. The Balaban J connectivity index is 2.16. The molecule has 0 aromatic heterocycles. The molecule has 0 saturated carbocycles. The fourth-order valence-corrected chi connectivity index (χ4v) is 2.12. The van der Waals surface area contributed by atoms with E-state index in [4.69, 9.17) is 0 Å². The normalized spacial score (nSPS) is 13.0. The van der Waals surface area contributed by atoms with Crippen LogP contribution in [0.25, 0.3) is 0 Å². The van der Waals surface area contributed by atoms with Crippen LogP contribution >= 0.6 is 0 Å². The van der Waals surface area contributed by atoms with Gasteiger partial charge in [-0.15, -0.1) is 0 Å². The summed E-state index contributed by atoms with van der Waals surface area (Å²) in [5, 5.41) is 3.56. The van der Waals surface area contributed by atoms with Gasteiger partial charge in [0.05, 0.1) is 0 Å². The highest BCUT2D eigenvalue weighted by atomic mass is 15.1. The molecule has 96 valence electrons. The van der Waals surface area contributed by atoms with Crippen molar-refractivity contribution in [1.82, 2.24) is 10.2 Å². The summed E-state index contributed by atoms with van der Waals surface area (Å²) in [5.41, 5.74) is 2.81. The topological polar surface area (TPSA) is 15.3 Å². The Hall–Kier alpha value is -0.860. The molecule has 0 aliphatic carbocycles. The molecule has 0 fully saturated rings. The van der Waals surface area contributed by atoms with Crippen LogP contribution in [0.4, 0.5) is 0 Å². The molecule has 2 nitrogen and oxygen atoms in total. The molecule has 17 heavy (non-hydrogen) atoms. The minimum absolute atomic E-state index is 0.572. The van der Waals surface area contributed by atoms with E-state index in [2.05, 4.69) is 62.4 Å². The van der Waals surface area contributed by atoms with Crippen LogP contribution in [0.2, 0.25) is 0 Å². The Morgan fingerprint density at radius 3 is 2.71 bits per heavy atom. The predicted octanol–water partition coefficient (Wildman–Crippen LogP) is 2.47. The maximum Gasteiger partial charge on any atom is 0.0166 e. The highest BCUT2D eigenvalue weighted by Gasteiger charge is 2.01. The largest absolute Gasteiger partial charge is 0.313 e. The SMILES string of the molecule is Cc1cccc(CCCNC(C)CN(C)C)c1. The van der Waals surface area contributed by atoms with Crippen molar-refractivity contribution >= 4 is 0 Å². The second-order valence-electron chi connectivity index (χ2n) is 5.21. The lowest BCUT2D eigenvalue weighted by Crippen LogP contribution is -2.36. The Bertz CT molecular complexity index is 320. The molecule has 0 spiro atoms. The van der Waals surface area contributed by atoms with Crippen molar-refractivity contribution in [3.63, 3.8) is 0 Å². The number of nitrogens with one attached hydrogen (secondary N) is 1. The summed E-state index contributed by atoms with van der Waals surface area (Å²) >= 11 is 0. The molecule has 1 rings (SSSR count). The number of likely N-dealkylation sites (N-methyl/N-ethyl adjacent to an activating group) is 1. The monoisotopic (exact) mass is 234 g/mol. The van der Waals surface area contributed by atoms with Gasteiger partial charge in [0.2, 0.25) is 0 Å². The molecule has 1 aromatic rings. The molecule has 0 radical (unpaired) electrons. The molecule has 0 aliphatic heterocycles. The zero-order valence-electron chi connectivity index (χ0n) is 11.7. The van der Waals surface area contributed by atoms with Crippen LogP contribution in [0.1, 0.15) is 24.5 Å². The molecule has 0 saturated heterocycles. The van der Waals surface area contributed by atoms with Crippen LogP contribution in [-0.4, -0.2) is 38.1 Å². The van der Waals surface area contributed by atoms with Crippen molar-refractivity contribution in [3.8, 4) is 0 Å². The molecule has 1 N–H and O–H groups in total. The first-order valence-electron chi connectivity index (χ1n) is 6.51. The highest BCUT2D eigenvalue weighted by molar-refractivity contribution is 5.22. The fraction of sp³-hybridized carbons (Fsp3) is 0.600. The minimum atomic E-state index is 0.572. The molecular formula is C15H26N2. The van der Waals surface area contributed by atoms with Gasteiger partial charge in [-0.05, 0) is 52.9 Å². The smallest absolute Gasteiger partial charge is 0.0166 e. The van der Waals surface area contributed by atoms with Crippen LogP contribution < -0.4 is 5.32 Å². The van der Waals surface area contributed by atoms with Gasteiger partial charge in [-0.3, -0.25) is 0 Å². The van der Waals surface area contributed by atoms with E-state index in [9.17, 15) is 0 Å². The van der Waals surface area contributed by atoms with E-state index in [1.54, 1.807) is 0 Å². The van der Waals surface area contributed by atoms with Gasteiger partial charge in [-0.2, -0.15) is 0 Å². The van der Waals surface area contributed by atoms with E-state index in [1.807, 2.05) is 0 Å². The number of rotatable bonds is 7. The number of hydrogen-bond acceptors (Lipinski definition) is 2. The van der Waals surface area contributed by atoms with Crippen molar-refractivity contribution in [1.29, 1.82) is 0 Å². The molecule has 1 aromatic carbocycles. The Kier molecular flexibility index (Phi) is 6.23. The molecule has 2 heteroatoms.